The Labute approximate surface area is 320 Å². The number of aliphatic hydroxyl groups excluding tert-OH is 1. The van der Waals surface area contributed by atoms with Crippen LogP contribution in [0.25, 0.3) is 0 Å². The molecule has 2 rings (SSSR count). The molecule has 1 aromatic rings. The molecule has 1 fully saturated rings. The van der Waals surface area contributed by atoms with Gasteiger partial charge in [-0.05, 0) is 94.9 Å². The summed E-state index contributed by atoms with van der Waals surface area (Å²) in [6.07, 6.45) is 3.72. The normalized spacial score (nSPS) is 17.2. The van der Waals surface area contributed by atoms with Crippen LogP contribution in [0, 0.1) is 23.7 Å². The first-order valence-electron chi connectivity index (χ1n) is 19.9. The van der Waals surface area contributed by atoms with E-state index in [1.165, 1.54) is 0 Å². The molecule has 0 saturated carbocycles. The van der Waals surface area contributed by atoms with Crippen molar-refractivity contribution in [1.29, 1.82) is 0 Å². The fraction of sp³-hybridized carbons (Fsp3) is 0.780. The minimum atomic E-state index is -1.09. The highest BCUT2D eigenvalue weighted by molar-refractivity contribution is 5.99. The summed E-state index contributed by atoms with van der Waals surface area (Å²) in [4.78, 5) is 45.1. The number of alkyl carbamates (subject to hydrolysis) is 1. The molecule has 3 amide bonds. The number of nitrogens with one attached hydrogen (secondary N) is 2. The number of primary amides is 1. The number of piperazine rings is 1. The van der Waals surface area contributed by atoms with Crippen molar-refractivity contribution < 1.29 is 33.7 Å². The molecule has 1 saturated heterocycles. The number of nitrogens with zero attached hydrogens (tertiary/aromatic N) is 2. The molecule has 304 valence electrons. The molecule has 12 heteroatoms. The van der Waals surface area contributed by atoms with Crippen molar-refractivity contribution >= 4 is 17.9 Å². The third-order valence-electron chi connectivity index (χ3n) is 10.3. The highest BCUT2D eigenvalue weighted by Crippen LogP contribution is 2.30. The summed E-state index contributed by atoms with van der Waals surface area (Å²) in [5, 5.41) is 17.6. The van der Waals surface area contributed by atoms with E-state index in [1.54, 1.807) is 33.9 Å². The van der Waals surface area contributed by atoms with Crippen LogP contribution in [0.3, 0.4) is 0 Å². The molecule has 0 bridgehead atoms. The summed E-state index contributed by atoms with van der Waals surface area (Å²) in [6, 6.07) is 3.78. The molecule has 1 aliphatic heterocycles. The van der Waals surface area contributed by atoms with Crippen LogP contribution in [0.15, 0.2) is 18.2 Å². The molecule has 1 aromatic carbocycles. The molecule has 1 unspecified atom stereocenters. The van der Waals surface area contributed by atoms with Crippen molar-refractivity contribution in [3.8, 4) is 5.75 Å². The Balaban J connectivity index is 2.40. The molecule has 1 aliphatic rings. The van der Waals surface area contributed by atoms with E-state index in [4.69, 9.17) is 19.9 Å². The number of carbonyl (C=O) groups is 3. The van der Waals surface area contributed by atoms with E-state index in [9.17, 15) is 19.5 Å². The molecule has 0 radical (unpaired) electrons. The summed E-state index contributed by atoms with van der Waals surface area (Å²) in [6.45, 7) is 21.3. The maximum Gasteiger partial charge on any atom is 0.407 e. The van der Waals surface area contributed by atoms with Gasteiger partial charge >= 0.3 is 6.09 Å². The number of hydrogen-bond donors (Lipinski definition) is 4. The molecule has 1 heterocycles. The first-order valence-corrected chi connectivity index (χ1v) is 19.9. The summed E-state index contributed by atoms with van der Waals surface area (Å²) < 4.78 is 17.0. The van der Waals surface area contributed by atoms with Gasteiger partial charge in [0, 0.05) is 46.4 Å². The average molecular weight is 748 g/mol. The Hall–Kier alpha value is -2.93. The van der Waals surface area contributed by atoms with Gasteiger partial charge in [0.05, 0.1) is 24.3 Å². The Bertz CT molecular complexity index is 1250. The maximum atomic E-state index is 14.1. The molecule has 0 aromatic heterocycles. The van der Waals surface area contributed by atoms with Crippen molar-refractivity contribution in [3.63, 3.8) is 0 Å². The lowest BCUT2D eigenvalue weighted by Crippen LogP contribution is -2.54. The number of ether oxygens (including phenoxy) is 3. The number of methoxy groups -OCH3 is 1. The minimum Gasteiger partial charge on any atom is -0.493 e. The second-order valence-electron chi connectivity index (χ2n) is 16.7. The largest absolute Gasteiger partial charge is 0.493 e. The van der Waals surface area contributed by atoms with Gasteiger partial charge in [0.15, 0.2) is 0 Å². The lowest BCUT2D eigenvalue weighted by atomic mass is 9.78. The van der Waals surface area contributed by atoms with Gasteiger partial charge < -0.3 is 40.6 Å². The average Bonchev–Trinajstić information content (AvgIpc) is 3.07. The van der Waals surface area contributed by atoms with Crippen molar-refractivity contribution in [2.24, 2.45) is 29.4 Å². The van der Waals surface area contributed by atoms with Crippen LogP contribution in [0.5, 0.6) is 5.75 Å². The van der Waals surface area contributed by atoms with Crippen LogP contribution in [-0.4, -0.2) is 110 Å². The number of rotatable bonds is 23. The van der Waals surface area contributed by atoms with Crippen molar-refractivity contribution in [2.45, 2.75) is 131 Å². The van der Waals surface area contributed by atoms with Gasteiger partial charge in [-0.3, -0.25) is 14.5 Å². The number of benzene rings is 1. The molecule has 0 aliphatic carbocycles. The third-order valence-corrected chi connectivity index (χ3v) is 10.3. The standard InChI is InChI=1S/C41H73N5O7/c1-11-12-15-31(28(2)3)25-35(47)34(43-40(50)53-41(6,7)8)26-33(29(4)5)37(38(42)48)44-39(49)32-17-16-30(27-46-20-18-45(9)19-21-46)24-36(32)52-23-14-13-22-51-10/h16-17,24,28-29,31,33-35,37,47H,11-15,18-23,25-27H2,1-10H3,(H2,42,48)(H,43,50)(H,44,49)/t31-,33-,34-,35-,37?/m0/s1. The fourth-order valence-corrected chi connectivity index (χ4v) is 6.90. The van der Waals surface area contributed by atoms with Gasteiger partial charge in [0.2, 0.25) is 5.91 Å². The van der Waals surface area contributed by atoms with Gasteiger partial charge in [-0.2, -0.15) is 0 Å². The first kappa shape index (κ1) is 46.2. The van der Waals surface area contributed by atoms with E-state index in [-0.39, 0.29) is 18.3 Å². The zero-order valence-electron chi connectivity index (χ0n) is 34.5. The second-order valence-corrected chi connectivity index (χ2v) is 16.7. The molecular formula is C41H73N5O7. The quantitative estimate of drug-likeness (QED) is 0.105. The van der Waals surface area contributed by atoms with E-state index in [0.717, 1.165) is 70.4 Å². The Morgan fingerprint density at radius 2 is 1.60 bits per heavy atom. The van der Waals surface area contributed by atoms with Gasteiger partial charge in [-0.1, -0.05) is 59.9 Å². The molecule has 12 nitrogen and oxygen atoms in total. The third kappa shape index (κ3) is 17.0. The number of carbonyl (C=O) groups excluding carboxylic acids is 3. The van der Waals surface area contributed by atoms with Crippen LogP contribution < -0.4 is 21.1 Å². The topological polar surface area (TPSA) is 156 Å². The predicted molar refractivity (Wildman–Crippen MR) is 211 cm³/mol. The predicted octanol–water partition coefficient (Wildman–Crippen LogP) is 5.59. The minimum absolute atomic E-state index is 0.147. The summed E-state index contributed by atoms with van der Waals surface area (Å²) >= 11 is 0. The van der Waals surface area contributed by atoms with Crippen LogP contribution in [0.2, 0.25) is 0 Å². The van der Waals surface area contributed by atoms with Crippen LogP contribution >= 0.6 is 0 Å². The lowest BCUT2D eigenvalue weighted by Gasteiger charge is -2.36. The monoisotopic (exact) mass is 748 g/mol. The first-order chi connectivity index (χ1) is 24.9. The van der Waals surface area contributed by atoms with Gasteiger partial charge in [-0.15, -0.1) is 0 Å². The summed E-state index contributed by atoms with van der Waals surface area (Å²) in [7, 11) is 3.79. The van der Waals surface area contributed by atoms with Crippen molar-refractivity contribution in [3.05, 3.63) is 29.3 Å². The molecule has 53 heavy (non-hydrogen) atoms. The smallest absolute Gasteiger partial charge is 0.407 e. The molecule has 0 spiro atoms. The lowest BCUT2D eigenvalue weighted by molar-refractivity contribution is -0.121. The maximum absolute atomic E-state index is 14.1. The van der Waals surface area contributed by atoms with Gasteiger partial charge in [0.25, 0.3) is 5.91 Å². The highest BCUT2D eigenvalue weighted by Gasteiger charge is 2.37. The second kappa shape index (κ2) is 23.1. The number of amides is 3. The Morgan fingerprint density at radius 3 is 2.17 bits per heavy atom. The summed E-state index contributed by atoms with van der Waals surface area (Å²) in [5.74, 6) is -0.818. The van der Waals surface area contributed by atoms with Crippen molar-refractivity contribution in [2.75, 3.05) is 53.6 Å². The zero-order valence-corrected chi connectivity index (χ0v) is 34.5. The molecule has 5 atom stereocenters. The Kier molecular flexibility index (Phi) is 20.1. The van der Waals surface area contributed by atoms with E-state index in [1.807, 2.05) is 26.0 Å². The molecular weight excluding hydrogens is 674 g/mol. The van der Waals surface area contributed by atoms with Crippen LogP contribution in [0.4, 0.5) is 4.79 Å². The van der Waals surface area contributed by atoms with Crippen molar-refractivity contribution in [1.82, 2.24) is 20.4 Å². The van der Waals surface area contributed by atoms with E-state index < -0.39 is 47.6 Å². The van der Waals surface area contributed by atoms with E-state index in [2.05, 4.69) is 48.3 Å². The number of likely N-dealkylation sites (N-methyl/N-ethyl adjacent to an activating group) is 1. The van der Waals surface area contributed by atoms with Crippen LogP contribution in [-0.2, 0) is 20.8 Å². The Morgan fingerprint density at radius 1 is 0.943 bits per heavy atom. The number of unbranched alkanes of at least 4 members (excludes halogenated alkanes) is 2. The van der Waals surface area contributed by atoms with E-state index in [0.29, 0.717) is 36.9 Å². The summed E-state index contributed by atoms with van der Waals surface area (Å²) in [5.41, 5.74) is 6.64. The van der Waals surface area contributed by atoms with Gasteiger partial charge in [0.1, 0.15) is 17.4 Å². The van der Waals surface area contributed by atoms with Gasteiger partial charge in [-0.25, -0.2) is 4.79 Å². The fourth-order valence-electron chi connectivity index (χ4n) is 6.90. The number of aliphatic hydroxyl groups is 1. The van der Waals surface area contributed by atoms with Crippen LogP contribution in [0.1, 0.15) is 116 Å². The number of hydrogen-bond acceptors (Lipinski definition) is 9. The SMILES string of the molecule is CCCC[C@@H](C[C@H](O)[C@H](C[C@@H](C(C)C)C(NC(=O)c1ccc(CN2CCN(C)CC2)cc1OCCCCOC)C(N)=O)NC(=O)OC(C)(C)C)C(C)C. The number of nitrogens with two attached hydrogens (primary N) is 1. The zero-order chi connectivity index (χ0) is 39.7. The van der Waals surface area contributed by atoms with E-state index >= 15 is 0 Å². The molecule has 5 N–H and O–H groups in total. The highest BCUT2D eigenvalue weighted by atomic mass is 16.6.